The molecule has 0 bridgehead atoms. The van der Waals surface area contributed by atoms with Crippen molar-refractivity contribution in [3.8, 4) is 12.5 Å². The van der Waals surface area contributed by atoms with E-state index in [1.807, 2.05) is 6.92 Å². The van der Waals surface area contributed by atoms with Crippen LogP contribution in [0.2, 0.25) is 0 Å². The molecular formula is C25H23FN8O4. The number of carboxylic acid groups (broad SMARTS) is 1. The maximum atomic E-state index is 15.0. The highest BCUT2D eigenvalue weighted by atomic mass is 19.1. The van der Waals surface area contributed by atoms with Gasteiger partial charge in [-0.1, -0.05) is 11.6 Å². The van der Waals surface area contributed by atoms with Crippen LogP contribution >= 0.6 is 0 Å². The number of aromatic amines is 2. The summed E-state index contributed by atoms with van der Waals surface area (Å²) in [5.41, 5.74) is 1.81. The van der Waals surface area contributed by atoms with E-state index in [9.17, 15) is 23.9 Å². The first-order valence-electron chi connectivity index (χ1n) is 11.5. The summed E-state index contributed by atoms with van der Waals surface area (Å²) in [6.45, 7) is 3.71. The number of nitrogens with one attached hydrogen (secondary N) is 3. The van der Waals surface area contributed by atoms with Gasteiger partial charge in [-0.3, -0.25) is 14.5 Å². The number of carbonyl (C=O) groups is 2. The molecule has 38 heavy (non-hydrogen) atoms. The second-order valence-corrected chi connectivity index (χ2v) is 8.56. The number of H-pyrrole nitrogens is 2. The summed E-state index contributed by atoms with van der Waals surface area (Å²) in [6, 6.07) is 8.46. The number of aliphatic carboxylic acids is 1. The van der Waals surface area contributed by atoms with Gasteiger partial charge in [-0.05, 0) is 61.7 Å². The second kappa shape index (κ2) is 10.9. The van der Waals surface area contributed by atoms with E-state index in [2.05, 4.69) is 42.0 Å². The predicted octanol–water partition coefficient (Wildman–Crippen LogP) is 1.61. The van der Waals surface area contributed by atoms with E-state index in [0.29, 0.717) is 22.4 Å². The molecule has 4 aromatic rings. The lowest BCUT2D eigenvalue weighted by atomic mass is 10.0. The van der Waals surface area contributed by atoms with Gasteiger partial charge in [0.25, 0.3) is 11.5 Å². The SMILES string of the molecule is C#CN(Cc1cc2c(=O)[nH]c(C)nc2cc1C)c1ccc(C(=O)N[C@@H](CCc2nn[nH]n2)C(=O)O)c(F)c1. The van der Waals surface area contributed by atoms with Gasteiger partial charge in [0.05, 0.1) is 28.7 Å². The van der Waals surface area contributed by atoms with Crippen LogP contribution in [-0.4, -0.2) is 53.6 Å². The highest BCUT2D eigenvalue weighted by molar-refractivity contribution is 5.97. The van der Waals surface area contributed by atoms with E-state index in [1.165, 1.54) is 17.0 Å². The fraction of sp³-hybridized carbons (Fsp3) is 0.240. The zero-order valence-electron chi connectivity index (χ0n) is 20.4. The van der Waals surface area contributed by atoms with Crippen LogP contribution in [0.1, 0.15) is 39.6 Å². The van der Waals surface area contributed by atoms with Crippen LogP contribution in [0.5, 0.6) is 0 Å². The van der Waals surface area contributed by atoms with Crippen molar-refractivity contribution in [3.05, 3.63) is 74.8 Å². The molecule has 0 saturated heterocycles. The molecule has 12 nitrogen and oxygen atoms in total. The van der Waals surface area contributed by atoms with Gasteiger partial charge in [-0.15, -0.1) is 10.2 Å². The van der Waals surface area contributed by atoms with Gasteiger partial charge in [0.2, 0.25) is 0 Å². The summed E-state index contributed by atoms with van der Waals surface area (Å²) >= 11 is 0. The van der Waals surface area contributed by atoms with Gasteiger partial charge in [-0.2, -0.15) is 5.21 Å². The maximum Gasteiger partial charge on any atom is 0.326 e. The molecule has 13 heteroatoms. The van der Waals surface area contributed by atoms with Crippen LogP contribution in [0.25, 0.3) is 10.9 Å². The van der Waals surface area contributed by atoms with Gasteiger partial charge >= 0.3 is 5.97 Å². The Morgan fingerprint density at radius 3 is 2.71 bits per heavy atom. The number of fused-ring (bicyclic) bond motifs is 1. The lowest BCUT2D eigenvalue weighted by Crippen LogP contribution is -2.41. The van der Waals surface area contributed by atoms with Gasteiger partial charge in [0.1, 0.15) is 17.7 Å². The number of benzene rings is 2. The molecule has 0 fully saturated rings. The van der Waals surface area contributed by atoms with Crippen molar-refractivity contribution in [1.29, 1.82) is 0 Å². The first-order chi connectivity index (χ1) is 18.2. The summed E-state index contributed by atoms with van der Waals surface area (Å²) < 4.78 is 15.0. The number of amides is 1. The lowest BCUT2D eigenvalue weighted by molar-refractivity contribution is -0.139. The third kappa shape index (κ3) is 5.65. The molecule has 0 spiro atoms. The van der Waals surface area contributed by atoms with Gasteiger partial charge in [-0.25, -0.2) is 14.2 Å². The Morgan fingerprint density at radius 1 is 1.26 bits per heavy atom. The quantitative estimate of drug-likeness (QED) is 0.190. The molecular weight excluding hydrogens is 495 g/mol. The molecule has 4 rings (SSSR count). The molecule has 0 aliphatic heterocycles. The minimum Gasteiger partial charge on any atom is -0.480 e. The second-order valence-electron chi connectivity index (χ2n) is 8.56. The highest BCUT2D eigenvalue weighted by Crippen LogP contribution is 2.23. The molecule has 4 N–H and O–H groups in total. The van der Waals surface area contributed by atoms with Crippen molar-refractivity contribution in [1.82, 2.24) is 35.9 Å². The average Bonchev–Trinajstić information content (AvgIpc) is 3.38. The average molecular weight is 519 g/mol. The van der Waals surface area contributed by atoms with Crippen molar-refractivity contribution in [2.45, 2.75) is 39.3 Å². The van der Waals surface area contributed by atoms with E-state index in [1.54, 1.807) is 19.1 Å². The Bertz CT molecular complexity index is 1610. The molecule has 0 unspecified atom stereocenters. The Balaban J connectivity index is 1.51. The number of hydrogen-bond acceptors (Lipinski definition) is 8. The Hall–Kier alpha value is -5.12. The number of hydrogen-bond donors (Lipinski definition) is 4. The van der Waals surface area contributed by atoms with Crippen LogP contribution in [-0.2, 0) is 17.8 Å². The Kier molecular flexibility index (Phi) is 7.43. The molecule has 2 aromatic heterocycles. The number of aryl methyl sites for hydroxylation is 3. The first kappa shape index (κ1) is 26.0. The molecule has 194 valence electrons. The van der Waals surface area contributed by atoms with Crippen molar-refractivity contribution in [2.24, 2.45) is 0 Å². The van der Waals surface area contributed by atoms with Gasteiger partial charge in [0, 0.05) is 12.5 Å². The summed E-state index contributed by atoms with van der Waals surface area (Å²) in [6.07, 6.45) is 5.82. The summed E-state index contributed by atoms with van der Waals surface area (Å²) in [4.78, 5) is 45.0. The number of carbonyl (C=O) groups excluding carboxylic acids is 1. The number of anilines is 1. The molecule has 2 heterocycles. The van der Waals surface area contributed by atoms with E-state index in [-0.39, 0.29) is 36.3 Å². The molecule has 1 atom stereocenters. The van der Waals surface area contributed by atoms with Gasteiger partial charge in [0.15, 0.2) is 5.82 Å². The smallest absolute Gasteiger partial charge is 0.326 e. The number of tetrazole rings is 1. The normalized spacial score (nSPS) is 11.6. The first-order valence-corrected chi connectivity index (χ1v) is 11.5. The van der Waals surface area contributed by atoms with Crippen LogP contribution in [0.15, 0.2) is 35.1 Å². The maximum absolute atomic E-state index is 15.0. The Labute approximate surface area is 215 Å². The summed E-state index contributed by atoms with van der Waals surface area (Å²) in [7, 11) is 0. The molecule has 2 aromatic carbocycles. The van der Waals surface area contributed by atoms with Crippen molar-refractivity contribution in [3.63, 3.8) is 0 Å². The van der Waals surface area contributed by atoms with E-state index >= 15 is 0 Å². The van der Waals surface area contributed by atoms with E-state index < -0.39 is 23.7 Å². The van der Waals surface area contributed by atoms with Crippen molar-refractivity contribution in [2.75, 3.05) is 4.90 Å². The summed E-state index contributed by atoms with van der Waals surface area (Å²) in [5.74, 6) is -2.27. The minimum absolute atomic E-state index is 0.0196. The molecule has 0 saturated carbocycles. The van der Waals surface area contributed by atoms with Crippen LogP contribution in [0, 0.1) is 32.1 Å². The van der Waals surface area contributed by atoms with E-state index in [4.69, 9.17) is 6.42 Å². The summed E-state index contributed by atoms with van der Waals surface area (Å²) in [5, 5.41) is 25.3. The zero-order valence-corrected chi connectivity index (χ0v) is 20.4. The molecule has 0 aliphatic rings. The molecule has 0 radical (unpaired) electrons. The van der Waals surface area contributed by atoms with Crippen molar-refractivity contribution < 1.29 is 19.1 Å². The fourth-order valence-electron chi connectivity index (χ4n) is 3.92. The predicted molar refractivity (Wildman–Crippen MR) is 135 cm³/mol. The van der Waals surface area contributed by atoms with Crippen molar-refractivity contribution >= 4 is 28.5 Å². The minimum atomic E-state index is -1.29. The third-order valence-corrected chi connectivity index (χ3v) is 5.92. The molecule has 0 aliphatic carbocycles. The largest absolute Gasteiger partial charge is 0.480 e. The topological polar surface area (TPSA) is 170 Å². The Morgan fingerprint density at radius 2 is 2.05 bits per heavy atom. The third-order valence-electron chi connectivity index (χ3n) is 5.92. The monoisotopic (exact) mass is 518 g/mol. The van der Waals surface area contributed by atoms with E-state index in [0.717, 1.165) is 17.2 Å². The number of terminal acetylenes is 1. The van der Waals surface area contributed by atoms with Crippen LogP contribution in [0.3, 0.4) is 0 Å². The number of carboxylic acids is 1. The number of halogens is 1. The van der Waals surface area contributed by atoms with Crippen LogP contribution in [0.4, 0.5) is 10.1 Å². The number of aromatic nitrogens is 6. The fourth-order valence-corrected chi connectivity index (χ4v) is 3.92. The number of nitrogens with zero attached hydrogens (tertiary/aromatic N) is 5. The highest BCUT2D eigenvalue weighted by Gasteiger charge is 2.23. The van der Waals surface area contributed by atoms with Gasteiger partial charge < -0.3 is 15.4 Å². The van der Waals surface area contributed by atoms with Crippen LogP contribution < -0.4 is 15.8 Å². The standard InChI is InChI=1S/C25H23FN8O4/c1-4-34(12-15-10-18-21(9-13(15)2)27-14(3)28-24(18)36)16-5-6-17(19(26)11-16)23(35)29-20(25(37)38)7-8-22-30-32-33-31-22/h1,5-6,9-11,20H,7-8,12H2,2-3H3,(H,29,35)(H,37,38)(H,27,28,36)(H,30,31,32,33)/t20-/m0/s1. The molecule has 1 amide bonds. The zero-order chi connectivity index (χ0) is 27.4. The number of rotatable bonds is 9. The lowest BCUT2D eigenvalue weighted by Gasteiger charge is -2.20.